The minimum absolute atomic E-state index is 0.131. The lowest BCUT2D eigenvalue weighted by Gasteiger charge is -2.26. The van der Waals surface area contributed by atoms with Gasteiger partial charge in [0.1, 0.15) is 5.76 Å². The van der Waals surface area contributed by atoms with E-state index in [-0.39, 0.29) is 16.7 Å². The van der Waals surface area contributed by atoms with E-state index < -0.39 is 0 Å². The molecular weight excluding hydrogens is 294 g/mol. The van der Waals surface area contributed by atoms with Gasteiger partial charge in [0.25, 0.3) is 5.69 Å². The number of furan rings is 1. The number of nitrogens with zero attached hydrogens (tertiary/aromatic N) is 2. The van der Waals surface area contributed by atoms with Gasteiger partial charge >= 0.3 is 0 Å². The maximum atomic E-state index is 10.8. The van der Waals surface area contributed by atoms with Crippen LogP contribution in [0.5, 0.6) is 0 Å². The number of hydrogen-bond donors (Lipinski definition) is 1. The van der Waals surface area contributed by atoms with Gasteiger partial charge in [0.05, 0.1) is 17.2 Å². The summed E-state index contributed by atoms with van der Waals surface area (Å²) < 4.78 is 5.59. The van der Waals surface area contributed by atoms with Crippen LogP contribution in [-0.4, -0.2) is 29.5 Å². The summed E-state index contributed by atoms with van der Waals surface area (Å²) >= 11 is 0. The molecule has 0 bridgehead atoms. The van der Waals surface area contributed by atoms with Gasteiger partial charge in [0.15, 0.2) is 0 Å². The molecule has 2 heterocycles. The van der Waals surface area contributed by atoms with Crippen LogP contribution in [0.3, 0.4) is 0 Å². The Bertz CT molecular complexity index is 636. The largest absolute Gasteiger partial charge is 0.468 e. The Balaban J connectivity index is 1.61. The fourth-order valence-corrected chi connectivity index (χ4v) is 3.08. The summed E-state index contributed by atoms with van der Waals surface area (Å²) in [6, 6.07) is 10.9. The van der Waals surface area contributed by atoms with Crippen molar-refractivity contribution in [1.82, 2.24) is 10.2 Å². The number of nitro groups is 1. The van der Waals surface area contributed by atoms with Gasteiger partial charge in [-0.15, -0.1) is 0 Å². The number of rotatable bonds is 7. The summed E-state index contributed by atoms with van der Waals surface area (Å²) in [7, 11) is 0. The zero-order valence-electron chi connectivity index (χ0n) is 13.0. The molecule has 0 aliphatic carbocycles. The third-order valence-corrected chi connectivity index (χ3v) is 4.24. The van der Waals surface area contributed by atoms with E-state index in [1.54, 1.807) is 18.4 Å². The normalized spacial score (nSPS) is 16.5. The predicted molar refractivity (Wildman–Crippen MR) is 87.1 cm³/mol. The highest BCUT2D eigenvalue weighted by Gasteiger charge is 2.25. The van der Waals surface area contributed by atoms with Crippen LogP contribution in [0.25, 0.3) is 0 Å². The van der Waals surface area contributed by atoms with E-state index in [1.807, 2.05) is 18.2 Å². The molecule has 6 heteroatoms. The van der Waals surface area contributed by atoms with Gasteiger partial charge in [-0.1, -0.05) is 12.1 Å². The minimum Gasteiger partial charge on any atom is -0.468 e. The molecule has 1 aromatic carbocycles. The number of nitro benzene ring substituents is 1. The number of hydrogen-bond acceptors (Lipinski definition) is 5. The Morgan fingerprint density at radius 1 is 1.26 bits per heavy atom. The molecule has 1 aliphatic rings. The molecule has 0 radical (unpaired) electrons. The van der Waals surface area contributed by atoms with E-state index in [9.17, 15) is 10.1 Å². The highest BCUT2D eigenvalue weighted by atomic mass is 16.6. The van der Waals surface area contributed by atoms with Crippen molar-refractivity contribution in [2.75, 3.05) is 19.6 Å². The maximum Gasteiger partial charge on any atom is 0.269 e. The molecule has 0 spiro atoms. The monoisotopic (exact) mass is 315 g/mol. The van der Waals surface area contributed by atoms with Crippen molar-refractivity contribution in [2.45, 2.75) is 25.4 Å². The summed E-state index contributed by atoms with van der Waals surface area (Å²) in [4.78, 5) is 12.9. The standard InChI is InChI=1S/C17H21N3O3/c21-20(22)15-6-3-5-14(11-15)12-18-13-16(17-7-4-10-23-17)19-8-1-2-9-19/h3-7,10-11,16,18H,1-2,8-9,12-13H2. The number of nitrogens with one attached hydrogen (secondary N) is 1. The fraction of sp³-hybridized carbons (Fsp3) is 0.412. The molecule has 0 amide bonds. The molecule has 1 fully saturated rings. The van der Waals surface area contributed by atoms with Crippen molar-refractivity contribution in [3.05, 3.63) is 64.1 Å². The van der Waals surface area contributed by atoms with Gasteiger partial charge in [-0.25, -0.2) is 0 Å². The van der Waals surface area contributed by atoms with Crippen LogP contribution in [0.15, 0.2) is 47.1 Å². The third-order valence-electron chi connectivity index (χ3n) is 4.24. The average Bonchev–Trinajstić information content (AvgIpc) is 3.25. The molecule has 0 saturated carbocycles. The Hall–Kier alpha value is -2.18. The molecule has 1 aromatic heterocycles. The van der Waals surface area contributed by atoms with Crippen LogP contribution in [-0.2, 0) is 6.54 Å². The van der Waals surface area contributed by atoms with Gasteiger partial charge in [-0.05, 0) is 43.6 Å². The first-order valence-corrected chi connectivity index (χ1v) is 7.95. The first-order chi connectivity index (χ1) is 11.2. The van der Waals surface area contributed by atoms with Crippen molar-refractivity contribution in [1.29, 1.82) is 0 Å². The van der Waals surface area contributed by atoms with Gasteiger partial charge < -0.3 is 9.73 Å². The van der Waals surface area contributed by atoms with E-state index in [0.29, 0.717) is 6.54 Å². The molecule has 1 N–H and O–H groups in total. The Morgan fingerprint density at radius 3 is 2.78 bits per heavy atom. The highest BCUT2D eigenvalue weighted by molar-refractivity contribution is 5.34. The second kappa shape index (κ2) is 7.39. The second-order valence-electron chi connectivity index (χ2n) is 5.83. The maximum absolute atomic E-state index is 10.8. The summed E-state index contributed by atoms with van der Waals surface area (Å²) in [5, 5.41) is 14.2. The molecule has 1 aliphatic heterocycles. The van der Waals surface area contributed by atoms with Crippen LogP contribution in [0.1, 0.15) is 30.2 Å². The molecule has 122 valence electrons. The van der Waals surface area contributed by atoms with E-state index in [4.69, 9.17) is 4.42 Å². The molecule has 6 nitrogen and oxygen atoms in total. The number of benzene rings is 1. The van der Waals surface area contributed by atoms with E-state index in [1.165, 1.54) is 18.9 Å². The highest BCUT2D eigenvalue weighted by Crippen LogP contribution is 2.25. The Kier molecular flexibility index (Phi) is 5.05. The third kappa shape index (κ3) is 3.97. The van der Waals surface area contributed by atoms with E-state index in [2.05, 4.69) is 10.2 Å². The minimum atomic E-state index is -0.362. The number of likely N-dealkylation sites (tertiary alicyclic amines) is 1. The Labute approximate surface area is 135 Å². The first kappa shape index (κ1) is 15.7. The molecule has 1 unspecified atom stereocenters. The van der Waals surface area contributed by atoms with E-state index >= 15 is 0 Å². The molecule has 23 heavy (non-hydrogen) atoms. The van der Waals surface area contributed by atoms with Crippen molar-refractivity contribution in [3.63, 3.8) is 0 Å². The average molecular weight is 315 g/mol. The lowest BCUT2D eigenvalue weighted by molar-refractivity contribution is -0.384. The zero-order chi connectivity index (χ0) is 16.1. The van der Waals surface area contributed by atoms with Gasteiger partial charge in [0, 0.05) is 25.2 Å². The Morgan fingerprint density at radius 2 is 2.09 bits per heavy atom. The van der Waals surface area contributed by atoms with Crippen LogP contribution in [0.4, 0.5) is 5.69 Å². The van der Waals surface area contributed by atoms with Crippen LogP contribution >= 0.6 is 0 Å². The summed E-state index contributed by atoms with van der Waals surface area (Å²) in [6.07, 6.45) is 4.16. The topological polar surface area (TPSA) is 71.5 Å². The molecule has 1 saturated heterocycles. The van der Waals surface area contributed by atoms with Gasteiger partial charge in [-0.3, -0.25) is 15.0 Å². The van der Waals surface area contributed by atoms with Crippen molar-refractivity contribution in [3.8, 4) is 0 Å². The number of non-ortho nitro benzene ring substituents is 1. The van der Waals surface area contributed by atoms with Crippen molar-refractivity contribution >= 4 is 5.69 Å². The van der Waals surface area contributed by atoms with E-state index in [0.717, 1.165) is 31.0 Å². The second-order valence-corrected chi connectivity index (χ2v) is 5.83. The lowest BCUT2D eigenvalue weighted by Crippen LogP contribution is -2.33. The van der Waals surface area contributed by atoms with Crippen LogP contribution in [0.2, 0.25) is 0 Å². The molecular formula is C17H21N3O3. The van der Waals surface area contributed by atoms with Crippen LogP contribution < -0.4 is 5.32 Å². The smallest absolute Gasteiger partial charge is 0.269 e. The summed E-state index contributed by atoms with van der Waals surface area (Å²) in [5.41, 5.74) is 1.05. The quantitative estimate of drug-likeness (QED) is 0.628. The van der Waals surface area contributed by atoms with Crippen molar-refractivity contribution < 1.29 is 9.34 Å². The first-order valence-electron chi connectivity index (χ1n) is 7.95. The molecule has 3 rings (SSSR count). The van der Waals surface area contributed by atoms with Crippen LogP contribution in [0, 0.1) is 10.1 Å². The SMILES string of the molecule is O=[N+]([O-])c1cccc(CNCC(c2ccco2)N2CCCC2)c1. The molecule has 1 atom stereocenters. The zero-order valence-corrected chi connectivity index (χ0v) is 13.0. The predicted octanol–water partition coefficient (Wildman–Crippen LogP) is 3.11. The summed E-state index contributed by atoms with van der Waals surface area (Å²) in [5.74, 6) is 0.971. The fourth-order valence-electron chi connectivity index (χ4n) is 3.08. The van der Waals surface area contributed by atoms with Gasteiger partial charge in [-0.2, -0.15) is 0 Å². The lowest BCUT2D eigenvalue weighted by atomic mass is 10.1. The summed E-state index contributed by atoms with van der Waals surface area (Å²) in [6.45, 7) is 3.54. The molecule has 2 aromatic rings. The van der Waals surface area contributed by atoms with Gasteiger partial charge in [0.2, 0.25) is 0 Å². The van der Waals surface area contributed by atoms with Crippen molar-refractivity contribution in [2.24, 2.45) is 0 Å².